The number of para-hydroxylation sites is 1. The highest BCUT2D eigenvalue weighted by atomic mass is 79.9. The maximum Gasteiger partial charge on any atom is 0.573 e. The van der Waals surface area contributed by atoms with Crippen molar-refractivity contribution in [2.75, 3.05) is 3.93 Å². The molecule has 0 aliphatic carbocycles. The molecule has 1 atom stereocenters. The second-order valence-electron chi connectivity index (χ2n) is 5.94. The fraction of sp³-hybridized carbons (Fsp3) is 0.333. The van der Waals surface area contributed by atoms with Crippen LogP contribution >= 0.6 is 16.1 Å². The van der Waals surface area contributed by atoms with Gasteiger partial charge < -0.3 is 13.4 Å². The summed E-state index contributed by atoms with van der Waals surface area (Å²) in [7, 11) is 0. The first-order chi connectivity index (χ1) is 11.8. The molecular weight excluding hydrogens is 399 g/mol. The van der Waals surface area contributed by atoms with Gasteiger partial charge in [0.15, 0.2) is 0 Å². The first-order valence-corrected chi connectivity index (χ1v) is 8.59. The van der Waals surface area contributed by atoms with Crippen LogP contribution in [0.5, 0.6) is 11.5 Å². The summed E-state index contributed by atoms with van der Waals surface area (Å²) in [6, 6.07) is 12.0. The lowest BCUT2D eigenvalue weighted by molar-refractivity contribution is -0.274. The molecule has 0 spiro atoms. The number of nitrogens with zero attached hydrogens (tertiary/aromatic N) is 1. The van der Waals surface area contributed by atoms with E-state index in [2.05, 4.69) is 33.9 Å². The fourth-order valence-corrected chi connectivity index (χ4v) is 3.38. The molecule has 1 unspecified atom stereocenters. The third kappa shape index (κ3) is 4.39. The van der Waals surface area contributed by atoms with Crippen LogP contribution in [0.1, 0.15) is 24.5 Å². The minimum Gasteiger partial charge on any atom is -0.487 e. The van der Waals surface area contributed by atoms with Crippen molar-refractivity contribution in [2.24, 2.45) is 0 Å². The Kier molecular flexibility index (Phi) is 5.13. The van der Waals surface area contributed by atoms with Crippen LogP contribution < -0.4 is 13.4 Å². The number of hydrogen-bond acceptors (Lipinski definition) is 3. The van der Waals surface area contributed by atoms with E-state index in [0.29, 0.717) is 6.04 Å². The maximum absolute atomic E-state index is 12.2. The lowest BCUT2D eigenvalue weighted by Crippen LogP contribution is -2.29. The molecule has 1 heterocycles. The minimum atomic E-state index is -4.68. The molecule has 134 valence electrons. The van der Waals surface area contributed by atoms with Crippen molar-refractivity contribution in [1.29, 1.82) is 0 Å². The number of hydrogen-bond donors (Lipinski definition) is 0. The summed E-state index contributed by atoms with van der Waals surface area (Å²) < 4.78 is 48.4. The number of benzene rings is 2. The quantitative estimate of drug-likeness (QED) is 0.605. The number of halogens is 4. The SMILES string of the molecule is CC1CCc2cccc(OCc3ccc(OC(F)(F)F)cc3)c2N1Br. The van der Waals surface area contributed by atoms with E-state index < -0.39 is 6.36 Å². The highest BCUT2D eigenvalue weighted by molar-refractivity contribution is 9.10. The molecule has 0 N–H and O–H groups in total. The molecule has 0 radical (unpaired) electrons. The first kappa shape index (κ1) is 17.9. The number of aryl methyl sites for hydroxylation is 1. The van der Waals surface area contributed by atoms with E-state index in [9.17, 15) is 13.2 Å². The third-order valence-electron chi connectivity index (χ3n) is 4.07. The van der Waals surface area contributed by atoms with Crippen LogP contribution in [0.3, 0.4) is 0 Å². The van der Waals surface area contributed by atoms with Gasteiger partial charge in [0.2, 0.25) is 0 Å². The number of anilines is 1. The van der Waals surface area contributed by atoms with Crippen molar-refractivity contribution in [3.05, 3.63) is 53.6 Å². The monoisotopic (exact) mass is 415 g/mol. The lowest BCUT2D eigenvalue weighted by atomic mass is 9.98. The van der Waals surface area contributed by atoms with Gasteiger partial charge in [-0.1, -0.05) is 24.3 Å². The number of alkyl halides is 3. The Morgan fingerprint density at radius 1 is 1.16 bits per heavy atom. The van der Waals surface area contributed by atoms with Gasteiger partial charge in [0.25, 0.3) is 0 Å². The maximum atomic E-state index is 12.2. The van der Waals surface area contributed by atoms with Crippen LogP contribution in [0.2, 0.25) is 0 Å². The van der Waals surface area contributed by atoms with Crippen molar-refractivity contribution < 1.29 is 22.6 Å². The molecule has 7 heteroatoms. The van der Waals surface area contributed by atoms with Crippen LogP contribution in [0.15, 0.2) is 42.5 Å². The smallest absolute Gasteiger partial charge is 0.487 e. The van der Waals surface area contributed by atoms with Gasteiger partial charge in [0.1, 0.15) is 18.1 Å². The van der Waals surface area contributed by atoms with Gasteiger partial charge >= 0.3 is 6.36 Å². The second kappa shape index (κ2) is 7.15. The summed E-state index contributed by atoms with van der Waals surface area (Å²) in [6.45, 7) is 2.39. The molecule has 0 amide bonds. The van der Waals surface area contributed by atoms with Crippen molar-refractivity contribution >= 4 is 21.8 Å². The van der Waals surface area contributed by atoms with Gasteiger partial charge in [-0.25, -0.2) is 0 Å². The Labute approximate surface area is 152 Å². The predicted octanol–water partition coefficient (Wildman–Crippen LogP) is 5.62. The van der Waals surface area contributed by atoms with E-state index in [4.69, 9.17) is 4.74 Å². The van der Waals surface area contributed by atoms with Gasteiger partial charge in [-0.15, -0.1) is 13.2 Å². The van der Waals surface area contributed by atoms with Gasteiger partial charge in [-0.05, 0) is 49.1 Å². The van der Waals surface area contributed by atoms with Crippen LogP contribution in [0.25, 0.3) is 0 Å². The van der Waals surface area contributed by atoms with Gasteiger partial charge in [0, 0.05) is 6.04 Å². The molecule has 1 aliphatic rings. The van der Waals surface area contributed by atoms with Crippen LogP contribution in [0.4, 0.5) is 18.9 Å². The van der Waals surface area contributed by atoms with Gasteiger partial charge in [0.05, 0.1) is 21.8 Å². The molecular formula is C18H17BrF3NO2. The summed E-state index contributed by atoms with van der Waals surface area (Å²) in [4.78, 5) is 0. The van der Waals surface area contributed by atoms with Crippen molar-refractivity contribution in [3.63, 3.8) is 0 Å². The zero-order valence-electron chi connectivity index (χ0n) is 13.5. The molecule has 3 rings (SSSR count). The fourth-order valence-electron chi connectivity index (χ4n) is 2.77. The third-order valence-corrected chi connectivity index (χ3v) is 5.12. The summed E-state index contributed by atoms with van der Waals surface area (Å²) in [5.74, 6) is 0.505. The number of fused-ring (bicyclic) bond motifs is 1. The Hall–Kier alpha value is -1.89. The molecule has 3 nitrogen and oxygen atoms in total. The van der Waals surface area contributed by atoms with Crippen LogP contribution in [-0.2, 0) is 13.0 Å². The number of ether oxygens (including phenoxy) is 2. The minimum absolute atomic E-state index is 0.242. The molecule has 2 aromatic rings. The Morgan fingerprint density at radius 3 is 2.56 bits per heavy atom. The van der Waals surface area contributed by atoms with E-state index in [-0.39, 0.29) is 12.4 Å². The zero-order chi connectivity index (χ0) is 18.0. The predicted molar refractivity (Wildman–Crippen MR) is 93.1 cm³/mol. The van der Waals surface area contributed by atoms with E-state index in [1.165, 1.54) is 17.7 Å². The highest BCUT2D eigenvalue weighted by Gasteiger charge is 2.31. The average molecular weight is 416 g/mol. The van der Waals surface area contributed by atoms with Crippen LogP contribution in [-0.4, -0.2) is 12.4 Å². The van der Waals surface area contributed by atoms with Crippen LogP contribution in [0, 0.1) is 0 Å². The highest BCUT2D eigenvalue weighted by Crippen LogP contribution is 2.40. The molecule has 1 aliphatic heterocycles. The van der Waals surface area contributed by atoms with Gasteiger partial charge in [-0.3, -0.25) is 0 Å². The molecule has 0 aromatic heterocycles. The summed E-state index contributed by atoms with van der Waals surface area (Å²) >= 11 is 3.60. The normalized spacial score (nSPS) is 17.2. The van der Waals surface area contributed by atoms with E-state index in [1.54, 1.807) is 12.1 Å². The molecule has 0 saturated carbocycles. The average Bonchev–Trinajstić information content (AvgIpc) is 2.56. The Balaban J connectivity index is 1.70. The lowest BCUT2D eigenvalue weighted by Gasteiger charge is -2.32. The molecule has 0 saturated heterocycles. The molecule has 0 fully saturated rings. The molecule has 0 bridgehead atoms. The number of rotatable bonds is 4. The Bertz CT molecular complexity index is 734. The summed E-state index contributed by atoms with van der Waals surface area (Å²) in [5, 5.41) is 0. The topological polar surface area (TPSA) is 21.7 Å². The van der Waals surface area contributed by atoms with Crippen molar-refractivity contribution in [2.45, 2.75) is 38.8 Å². The van der Waals surface area contributed by atoms with E-state index >= 15 is 0 Å². The summed E-state index contributed by atoms with van der Waals surface area (Å²) in [6.07, 6.45) is -2.64. The largest absolute Gasteiger partial charge is 0.573 e. The molecule has 25 heavy (non-hydrogen) atoms. The van der Waals surface area contributed by atoms with E-state index in [0.717, 1.165) is 29.8 Å². The second-order valence-corrected chi connectivity index (χ2v) is 6.71. The zero-order valence-corrected chi connectivity index (χ0v) is 15.1. The Morgan fingerprint density at radius 2 is 1.88 bits per heavy atom. The van der Waals surface area contributed by atoms with Gasteiger partial charge in [-0.2, -0.15) is 0 Å². The summed E-state index contributed by atoms with van der Waals surface area (Å²) in [5.41, 5.74) is 2.98. The van der Waals surface area contributed by atoms with Crippen molar-refractivity contribution in [3.8, 4) is 11.5 Å². The standard InChI is InChI=1S/C18H17BrF3NO2/c1-12-5-8-14-3-2-4-16(17(14)23(12)19)24-11-13-6-9-15(10-7-13)25-18(20,21)22/h2-4,6-7,9-10,12H,5,8,11H2,1H3. The van der Waals surface area contributed by atoms with E-state index in [1.807, 2.05) is 16.1 Å². The molecule has 2 aromatic carbocycles. The first-order valence-electron chi connectivity index (χ1n) is 7.88. The van der Waals surface area contributed by atoms with Crippen molar-refractivity contribution in [1.82, 2.24) is 0 Å².